The summed E-state index contributed by atoms with van der Waals surface area (Å²) in [6, 6.07) is 11.4. The summed E-state index contributed by atoms with van der Waals surface area (Å²) in [5.41, 5.74) is 1.23. The van der Waals surface area contributed by atoms with Crippen molar-refractivity contribution in [1.82, 2.24) is 14.7 Å². The van der Waals surface area contributed by atoms with Gasteiger partial charge in [-0.1, -0.05) is 30.3 Å². The zero-order valence-corrected chi connectivity index (χ0v) is 19.9. The first-order chi connectivity index (χ1) is 15.2. The molecule has 0 aromatic heterocycles. The largest absolute Gasteiger partial charge is 0.483 e. The van der Waals surface area contributed by atoms with E-state index < -0.39 is 0 Å². The number of amides is 1. The summed E-state index contributed by atoms with van der Waals surface area (Å²) in [6.07, 6.45) is 5.75. The van der Waals surface area contributed by atoms with Gasteiger partial charge in [-0.2, -0.15) is 0 Å². The van der Waals surface area contributed by atoms with Gasteiger partial charge in [-0.3, -0.25) is 19.3 Å². The zero-order valence-electron chi connectivity index (χ0n) is 19.9. The van der Waals surface area contributed by atoms with Crippen molar-refractivity contribution in [2.45, 2.75) is 50.2 Å². The van der Waals surface area contributed by atoms with Crippen molar-refractivity contribution in [2.75, 3.05) is 35.2 Å². The van der Waals surface area contributed by atoms with Gasteiger partial charge in [0.15, 0.2) is 0 Å². The number of fused-ring (bicyclic) bond motifs is 1. The standard InChI is InChI=1S/C22H35N3O.2CH2O2/c1-23(2)19-12-17-14-20(15-18(17)13-19)25(5)22(26)21(24(3)4)11-16-9-7-6-8-10-16;2*2-1-3/h6-10,17-21H,11-15H2,1-5H3;2*1H,(H,2,3)/t17-,18+,19?,20?,21-;;/m0../s1. The minimum atomic E-state index is -0.250. The Hall–Kier alpha value is -2.45. The third kappa shape index (κ3) is 7.91. The number of nitrogens with zero attached hydrogens (tertiary/aromatic N) is 3. The highest BCUT2D eigenvalue weighted by atomic mass is 16.3. The van der Waals surface area contributed by atoms with Gasteiger partial charge < -0.3 is 20.0 Å². The molecule has 0 bridgehead atoms. The van der Waals surface area contributed by atoms with E-state index in [1.54, 1.807) is 0 Å². The molecule has 5 atom stereocenters. The van der Waals surface area contributed by atoms with E-state index in [9.17, 15) is 4.79 Å². The summed E-state index contributed by atoms with van der Waals surface area (Å²) >= 11 is 0. The van der Waals surface area contributed by atoms with Gasteiger partial charge in [0, 0.05) is 19.1 Å². The number of hydrogen-bond donors (Lipinski definition) is 2. The molecule has 2 aliphatic rings. The Morgan fingerprint density at radius 3 is 1.75 bits per heavy atom. The highest BCUT2D eigenvalue weighted by Crippen LogP contribution is 2.46. The maximum absolute atomic E-state index is 13.2. The number of rotatable bonds is 6. The maximum atomic E-state index is 13.2. The predicted molar refractivity (Wildman–Crippen MR) is 124 cm³/mol. The van der Waals surface area contributed by atoms with Crippen LogP contribution in [0.3, 0.4) is 0 Å². The molecule has 2 N–H and O–H groups in total. The highest BCUT2D eigenvalue weighted by Gasteiger charge is 2.44. The second kappa shape index (κ2) is 13.9. The molecule has 2 fully saturated rings. The second-order valence-electron chi connectivity index (χ2n) is 9.06. The van der Waals surface area contributed by atoms with E-state index in [-0.39, 0.29) is 24.9 Å². The summed E-state index contributed by atoms with van der Waals surface area (Å²) in [4.78, 5) is 36.5. The molecule has 8 heteroatoms. The molecule has 0 heterocycles. The smallest absolute Gasteiger partial charge is 0.290 e. The Kier molecular flexibility index (Phi) is 11.9. The summed E-state index contributed by atoms with van der Waals surface area (Å²) in [7, 11) is 10.5. The minimum absolute atomic E-state index is 0.0858. The van der Waals surface area contributed by atoms with Gasteiger partial charge in [-0.25, -0.2) is 0 Å². The Morgan fingerprint density at radius 2 is 1.34 bits per heavy atom. The number of carbonyl (C=O) groups is 3. The molecule has 32 heavy (non-hydrogen) atoms. The van der Waals surface area contributed by atoms with Crippen LogP contribution in [0.1, 0.15) is 31.2 Å². The average Bonchev–Trinajstić information content (AvgIpc) is 3.32. The molecule has 2 unspecified atom stereocenters. The molecular formula is C24H39N3O5. The van der Waals surface area contributed by atoms with E-state index in [1.165, 1.54) is 31.2 Å². The molecule has 3 rings (SSSR count). The zero-order chi connectivity index (χ0) is 24.3. The van der Waals surface area contributed by atoms with Crippen LogP contribution >= 0.6 is 0 Å². The highest BCUT2D eigenvalue weighted by molar-refractivity contribution is 5.82. The molecule has 8 nitrogen and oxygen atoms in total. The first-order valence-electron chi connectivity index (χ1n) is 11.0. The van der Waals surface area contributed by atoms with Crippen molar-refractivity contribution in [3.63, 3.8) is 0 Å². The molecule has 0 saturated heterocycles. The number of carbonyl (C=O) groups excluding carboxylic acids is 1. The molecule has 1 amide bonds. The fraction of sp³-hybridized carbons (Fsp3) is 0.625. The fourth-order valence-corrected chi connectivity index (χ4v) is 5.03. The summed E-state index contributed by atoms with van der Waals surface area (Å²) in [5, 5.41) is 13.8. The van der Waals surface area contributed by atoms with Crippen molar-refractivity contribution in [1.29, 1.82) is 0 Å². The van der Waals surface area contributed by atoms with Crippen LogP contribution in [0.25, 0.3) is 0 Å². The van der Waals surface area contributed by atoms with E-state index >= 15 is 0 Å². The van der Waals surface area contributed by atoms with Crippen LogP contribution in [-0.2, 0) is 20.8 Å². The van der Waals surface area contributed by atoms with Crippen LogP contribution in [0.2, 0.25) is 0 Å². The third-order valence-corrected chi connectivity index (χ3v) is 6.77. The first-order valence-corrected chi connectivity index (χ1v) is 11.0. The number of carboxylic acid groups (broad SMARTS) is 2. The molecule has 2 aliphatic carbocycles. The monoisotopic (exact) mass is 449 g/mol. The fourth-order valence-electron chi connectivity index (χ4n) is 5.03. The Labute approximate surface area is 191 Å². The molecule has 0 aliphatic heterocycles. The lowest BCUT2D eigenvalue weighted by atomic mass is 10.0. The lowest BCUT2D eigenvalue weighted by Gasteiger charge is -2.33. The third-order valence-electron chi connectivity index (χ3n) is 6.77. The van der Waals surface area contributed by atoms with Gasteiger partial charge in [-0.05, 0) is 77.7 Å². The van der Waals surface area contributed by atoms with Gasteiger partial charge in [-0.15, -0.1) is 0 Å². The van der Waals surface area contributed by atoms with Gasteiger partial charge >= 0.3 is 0 Å². The van der Waals surface area contributed by atoms with Crippen LogP contribution in [0.5, 0.6) is 0 Å². The van der Waals surface area contributed by atoms with Crippen molar-refractivity contribution in [2.24, 2.45) is 11.8 Å². The van der Waals surface area contributed by atoms with Crippen molar-refractivity contribution in [3.05, 3.63) is 35.9 Å². The molecule has 0 spiro atoms. The van der Waals surface area contributed by atoms with Crippen LogP contribution in [0.15, 0.2) is 30.3 Å². The SMILES string of the molecule is CN(C)C1C[C@@H]2CC(N(C)C(=O)[C@H](Cc3ccccc3)N(C)C)C[C@@H]2C1.O=CO.O=CO. The van der Waals surface area contributed by atoms with E-state index in [2.05, 4.69) is 53.1 Å². The Balaban J connectivity index is 0.000000769. The summed E-state index contributed by atoms with van der Waals surface area (Å²) in [6.45, 7) is -0.500. The quantitative estimate of drug-likeness (QED) is 0.642. The van der Waals surface area contributed by atoms with Crippen molar-refractivity contribution >= 4 is 18.9 Å². The lowest BCUT2D eigenvalue weighted by Crippen LogP contribution is -2.48. The average molecular weight is 450 g/mol. The van der Waals surface area contributed by atoms with Crippen molar-refractivity contribution in [3.8, 4) is 0 Å². The molecule has 0 radical (unpaired) electrons. The van der Waals surface area contributed by atoms with Crippen LogP contribution in [0.4, 0.5) is 0 Å². The van der Waals surface area contributed by atoms with Gasteiger partial charge in [0.1, 0.15) is 0 Å². The molecule has 1 aromatic carbocycles. The van der Waals surface area contributed by atoms with Gasteiger partial charge in [0.05, 0.1) is 6.04 Å². The Morgan fingerprint density at radius 1 is 0.906 bits per heavy atom. The van der Waals surface area contributed by atoms with Gasteiger partial charge in [0.2, 0.25) is 5.91 Å². The maximum Gasteiger partial charge on any atom is 0.290 e. The molecule has 2 saturated carbocycles. The van der Waals surface area contributed by atoms with Crippen LogP contribution in [0, 0.1) is 11.8 Å². The van der Waals surface area contributed by atoms with Crippen LogP contribution in [-0.4, -0.2) is 97.1 Å². The number of likely N-dealkylation sites (N-methyl/N-ethyl adjacent to an activating group) is 2. The second-order valence-corrected chi connectivity index (χ2v) is 9.06. The topological polar surface area (TPSA) is 101 Å². The molecular weight excluding hydrogens is 410 g/mol. The lowest BCUT2D eigenvalue weighted by molar-refractivity contribution is -0.137. The number of hydrogen-bond acceptors (Lipinski definition) is 5. The van der Waals surface area contributed by atoms with E-state index in [1.807, 2.05) is 27.2 Å². The first kappa shape index (κ1) is 27.6. The predicted octanol–water partition coefficient (Wildman–Crippen LogP) is 2.14. The van der Waals surface area contributed by atoms with Crippen molar-refractivity contribution < 1.29 is 24.6 Å². The number of benzene rings is 1. The van der Waals surface area contributed by atoms with E-state index in [0.717, 1.165) is 24.3 Å². The normalized spacial score (nSPS) is 24.5. The van der Waals surface area contributed by atoms with E-state index in [0.29, 0.717) is 6.04 Å². The summed E-state index contributed by atoms with van der Waals surface area (Å²) in [5.74, 6) is 1.87. The molecule has 1 aromatic rings. The summed E-state index contributed by atoms with van der Waals surface area (Å²) < 4.78 is 0. The minimum Gasteiger partial charge on any atom is -0.483 e. The van der Waals surface area contributed by atoms with E-state index in [4.69, 9.17) is 19.8 Å². The Bertz CT molecular complexity index is 678. The van der Waals surface area contributed by atoms with Crippen LogP contribution < -0.4 is 0 Å². The molecule has 180 valence electrons. The van der Waals surface area contributed by atoms with Gasteiger partial charge in [0.25, 0.3) is 12.9 Å².